The van der Waals surface area contributed by atoms with E-state index in [2.05, 4.69) is 31.0 Å². The van der Waals surface area contributed by atoms with Gasteiger partial charge in [-0.3, -0.25) is 4.90 Å². The summed E-state index contributed by atoms with van der Waals surface area (Å²) in [4.78, 5) is 2.43. The van der Waals surface area contributed by atoms with Gasteiger partial charge in [-0.1, -0.05) is 20.8 Å². The van der Waals surface area contributed by atoms with Gasteiger partial charge in [0.25, 0.3) is 0 Å². The molecule has 2 atom stereocenters. The molecule has 2 unspecified atom stereocenters. The summed E-state index contributed by atoms with van der Waals surface area (Å²) in [6.45, 7) is 14.4. The molecule has 0 aromatic carbocycles. The molecule has 114 valence electrons. The van der Waals surface area contributed by atoms with Gasteiger partial charge in [-0.15, -0.1) is 0 Å². The SMILES string of the molecule is CCOCCN(CC)CC1CCC(CNC(C)C)O1. The zero-order chi connectivity index (χ0) is 14.1. The summed E-state index contributed by atoms with van der Waals surface area (Å²) in [7, 11) is 0. The maximum absolute atomic E-state index is 6.11. The predicted octanol–water partition coefficient (Wildman–Crippen LogP) is 1.89. The Hall–Kier alpha value is -0.160. The van der Waals surface area contributed by atoms with Crippen LogP contribution in [-0.2, 0) is 9.47 Å². The molecule has 1 aliphatic heterocycles. The van der Waals surface area contributed by atoms with E-state index in [1.165, 1.54) is 12.8 Å². The van der Waals surface area contributed by atoms with Crippen LogP contribution >= 0.6 is 0 Å². The molecule has 4 nitrogen and oxygen atoms in total. The molecule has 0 bridgehead atoms. The number of hydrogen-bond donors (Lipinski definition) is 1. The Morgan fingerprint density at radius 3 is 2.63 bits per heavy atom. The van der Waals surface area contributed by atoms with Crippen LogP contribution in [0.5, 0.6) is 0 Å². The van der Waals surface area contributed by atoms with Crippen molar-refractivity contribution in [3.8, 4) is 0 Å². The Morgan fingerprint density at radius 1 is 1.26 bits per heavy atom. The van der Waals surface area contributed by atoms with Crippen molar-refractivity contribution >= 4 is 0 Å². The second-order valence-electron chi connectivity index (χ2n) is 5.61. The average Bonchev–Trinajstić information content (AvgIpc) is 2.83. The fourth-order valence-electron chi connectivity index (χ4n) is 2.44. The smallest absolute Gasteiger partial charge is 0.0707 e. The molecule has 1 saturated heterocycles. The van der Waals surface area contributed by atoms with Gasteiger partial charge >= 0.3 is 0 Å². The Balaban J connectivity index is 2.18. The molecule has 19 heavy (non-hydrogen) atoms. The van der Waals surface area contributed by atoms with Gasteiger partial charge in [-0.25, -0.2) is 0 Å². The first-order valence-electron chi connectivity index (χ1n) is 7.84. The van der Waals surface area contributed by atoms with E-state index >= 15 is 0 Å². The second-order valence-corrected chi connectivity index (χ2v) is 5.61. The van der Waals surface area contributed by atoms with Crippen molar-refractivity contribution in [2.75, 3.05) is 39.4 Å². The summed E-state index contributed by atoms with van der Waals surface area (Å²) in [5.41, 5.74) is 0. The van der Waals surface area contributed by atoms with E-state index in [0.29, 0.717) is 18.2 Å². The summed E-state index contributed by atoms with van der Waals surface area (Å²) in [6.07, 6.45) is 3.18. The number of rotatable bonds is 10. The van der Waals surface area contributed by atoms with E-state index in [9.17, 15) is 0 Å². The largest absolute Gasteiger partial charge is 0.380 e. The molecule has 0 radical (unpaired) electrons. The van der Waals surface area contributed by atoms with Crippen LogP contribution in [0.2, 0.25) is 0 Å². The molecule has 0 aliphatic carbocycles. The number of likely N-dealkylation sites (N-methyl/N-ethyl adjacent to an activating group) is 1. The topological polar surface area (TPSA) is 33.7 Å². The van der Waals surface area contributed by atoms with Crippen molar-refractivity contribution in [3.05, 3.63) is 0 Å². The summed E-state index contributed by atoms with van der Waals surface area (Å²) >= 11 is 0. The summed E-state index contributed by atoms with van der Waals surface area (Å²) < 4.78 is 11.5. The van der Waals surface area contributed by atoms with Gasteiger partial charge in [0.05, 0.1) is 18.8 Å². The van der Waals surface area contributed by atoms with Gasteiger partial charge < -0.3 is 14.8 Å². The molecule has 0 aromatic heterocycles. The molecule has 1 N–H and O–H groups in total. The van der Waals surface area contributed by atoms with Crippen LogP contribution in [-0.4, -0.2) is 62.5 Å². The fourth-order valence-corrected chi connectivity index (χ4v) is 2.44. The highest BCUT2D eigenvalue weighted by Gasteiger charge is 2.26. The van der Waals surface area contributed by atoms with Gasteiger partial charge in [-0.05, 0) is 26.3 Å². The molecular formula is C15H32N2O2. The number of hydrogen-bond acceptors (Lipinski definition) is 4. The molecule has 1 rings (SSSR count). The molecule has 1 fully saturated rings. The standard InChI is InChI=1S/C15H32N2O2/c1-5-17(9-10-18-6-2)12-15-8-7-14(19-15)11-16-13(3)4/h13-16H,5-12H2,1-4H3. The highest BCUT2D eigenvalue weighted by Crippen LogP contribution is 2.20. The maximum Gasteiger partial charge on any atom is 0.0707 e. The van der Waals surface area contributed by atoms with E-state index in [4.69, 9.17) is 9.47 Å². The fraction of sp³-hybridized carbons (Fsp3) is 1.00. The average molecular weight is 272 g/mol. The summed E-state index contributed by atoms with van der Waals surface area (Å²) in [6, 6.07) is 0.543. The second kappa shape index (κ2) is 9.70. The van der Waals surface area contributed by atoms with Crippen molar-refractivity contribution in [2.24, 2.45) is 0 Å². The van der Waals surface area contributed by atoms with E-state index in [-0.39, 0.29) is 0 Å². The van der Waals surface area contributed by atoms with Crippen LogP contribution < -0.4 is 5.32 Å². The van der Waals surface area contributed by atoms with Crippen LogP contribution in [0.25, 0.3) is 0 Å². The first kappa shape index (κ1) is 16.9. The highest BCUT2D eigenvalue weighted by atomic mass is 16.5. The predicted molar refractivity (Wildman–Crippen MR) is 79.6 cm³/mol. The van der Waals surface area contributed by atoms with Crippen molar-refractivity contribution in [2.45, 2.75) is 58.8 Å². The maximum atomic E-state index is 6.11. The van der Waals surface area contributed by atoms with Gasteiger partial charge in [-0.2, -0.15) is 0 Å². The van der Waals surface area contributed by atoms with Gasteiger partial charge in [0.1, 0.15) is 0 Å². The lowest BCUT2D eigenvalue weighted by Crippen LogP contribution is -2.36. The molecule has 4 heteroatoms. The van der Waals surface area contributed by atoms with E-state index in [1.54, 1.807) is 0 Å². The third-order valence-corrected chi connectivity index (χ3v) is 3.61. The third-order valence-electron chi connectivity index (χ3n) is 3.61. The molecule has 0 spiro atoms. The van der Waals surface area contributed by atoms with Crippen molar-refractivity contribution in [1.29, 1.82) is 0 Å². The quantitative estimate of drug-likeness (QED) is 0.616. The van der Waals surface area contributed by atoms with E-state index < -0.39 is 0 Å². The highest BCUT2D eigenvalue weighted by molar-refractivity contribution is 4.78. The van der Waals surface area contributed by atoms with Crippen LogP contribution in [0.15, 0.2) is 0 Å². The number of nitrogens with zero attached hydrogens (tertiary/aromatic N) is 1. The zero-order valence-corrected chi connectivity index (χ0v) is 13.2. The van der Waals surface area contributed by atoms with Crippen molar-refractivity contribution < 1.29 is 9.47 Å². The normalized spacial score (nSPS) is 23.7. The number of nitrogens with one attached hydrogen (secondary N) is 1. The minimum atomic E-state index is 0.401. The summed E-state index contributed by atoms with van der Waals surface area (Å²) in [5.74, 6) is 0. The first-order valence-corrected chi connectivity index (χ1v) is 7.84. The monoisotopic (exact) mass is 272 g/mol. The molecule has 0 saturated carbocycles. The lowest BCUT2D eigenvalue weighted by molar-refractivity contribution is 0.0173. The lowest BCUT2D eigenvalue weighted by Gasteiger charge is -2.24. The number of ether oxygens (including phenoxy) is 2. The molecule has 0 amide bonds. The Labute approximate surface area is 118 Å². The molecule has 0 aromatic rings. The Kier molecular flexibility index (Phi) is 8.62. The van der Waals surface area contributed by atoms with Crippen molar-refractivity contribution in [1.82, 2.24) is 10.2 Å². The van der Waals surface area contributed by atoms with Crippen LogP contribution in [0.3, 0.4) is 0 Å². The van der Waals surface area contributed by atoms with Gasteiger partial charge in [0, 0.05) is 32.3 Å². The Bertz CT molecular complexity index is 224. The van der Waals surface area contributed by atoms with Gasteiger partial charge in [0.15, 0.2) is 0 Å². The van der Waals surface area contributed by atoms with Gasteiger partial charge in [0.2, 0.25) is 0 Å². The molecule has 1 heterocycles. The van der Waals surface area contributed by atoms with Crippen LogP contribution in [0.4, 0.5) is 0 Å². The van der Waals surface area contributed by atoms with Crippen molar-refractivity contribution in [3.63, 3.8) is 0 Å². The zero-order valence-electron chi connectivity index (χ0n) is 13.2. The minimum absolute atomic E-state index is 0.401. The molecular weight excluding hydrogens is 240 g/mol. The minimum Gasteiger partial charge on any atom is -0.380 e. The van der Waals surface area contributed by atoms with E-state index in [1.807, 2.05) is 6.92 Å². The summed E-state index contributed by atoms with van der Waals surface area (Å²) in [5, 5.41) is 3.46. The van der Waals surface area contributed by atoms with Crippen LogP contribution in [0, 0.1) is 0 Å². The first-order chi connectivity index (χ1) is 9.15. The lowest BCUT2D eigenvalue weighted by atomic mass is 10.2. The third kappa shape index (κ3) is 7.25. The Morgan fingerprint density at radius 2 is 2.00 bits per heavy atom. The molecule has 1 aliphatic rings. The van der Waals surface area contributed by atoms with E-state index in [0.717, 1.165) is 39.4 Å². The van der Waals surface area contributed by atoms with Crippen LogP contribution in [0.1, 0.15) is 40.5 Å².